The van der Waals surface area contributed by atoms with Crippen LogP contribution in [-0.2, 0) is 6.42 Å². The Morgan fingerprint density at radius 1 is 1.64 bits per heavy atom. The molecule has 76 valence electrons. The van der Waals surface area contributed by atoms with Crippen LogP contribution in [0.5, 0.6) is 0 Å². The summed E-state index contributed by atoms with van der Waals surface area (Å²) in [6.45, 7) is 3.51. The summed E-state index contributed by atoms with van der Waals surface area (Å²) in [6, 6.07) is 4.12. The molecule has 0 saturated carbocycles. The highest BCUT2D eigenvalue weighted by Gasteiger charge is 2.28. The van der Waals surface area contributed by atoms with Crippen molar-refractivity contribution in [3.63, 3.8) is 0 Å². The molecule has 1 aliphatic heterocycles. The van der Waals surface area contributed by atoms with Crippen molar-refractivity contribution in [2.75, 3.05) is 13.1 Å². The first kappa shape index (κ1) is 9.68. The van der Waals surface area contributed by atoms with Gasteiger partial charge in [0, 0.05) is 24.0 Å². The number of aryl methyl sites for hydroxylation is 1. The highest BCUT2D eigenvalue weighted by Crippen LogP contribution is 2.20. The largest absolute Gasteiger partial charge is 0.335 e. The van der Waals surface area contributed by atoms with Crippen LogP contribution < -0.4 is 5.73 Å². The molecule has 0 unspecified atom stereocenters. The Balaban J connectivity index is 2.04. The summed E-state index contributed by atoms with van der Waals surface area (Å²) in [5.74, 6) is 0.136. The van der Waals surface area contributed by atoms with Gasteiger partial charge in [-0.25, -0.2) is 0 Å². The van der Waals surface area contributed by atoms with Crippen LogP contribution in [0.3, 0.4) is 0 Å². The molecule has 1 fully saturated rings. The van der Waals surface area contributed by atoms with E-state index in [1.807, 2.05) is 12.1 Å². The smallest absolute Gasteiger partial charge is 0.264 e. The Morgan fingerprint density at radius 2 is 2.36 bits per heavy atom. The first-order chi connectivity index (χ1) is 6.70. The van der Waals surface area contributed by atoms with Crippen molar-refractivity contribution in [3.05, 3.63) is 21.9 Å². The fourth-order valence-electron chi connectivity index (χ4n) is 1.52. The van der Waals surface area contributed by atoms with E-state index in [1.54, 1.807) is 16.2 Å². The van der Waals surface area contributed by atoms with E-state index in [9.17, 15) is 4.79 Å². The molecule has 1 aliphatic rings. The molecule has 1 aromatic heterocycles. The topological polar surface area (TPSA) is 46.3 Å². The van der Waals surface area contributed by atoms with Crippen LogP contribution in [0.1, 0.15) is 21.5 Å². The molecule has 1 saturated heterocycles. The monoisotopic (exact) mass is 210 g/mol. The van der Waals surface area contributed by atoms with E-state index in [0.29, 0.717) is 13.1 Å². The molecule has 2 N–H and O–H groups in total. The number of thiophene rings is 1. The summed E-state index contributed by atoms with van der Waals surface area (Å²) in [7, 11) is 0. The predicted molar refractivity (Wildman–Crippen MR) is 57.6 cm³/mol. The summed E-state index contributed by atoms with van der Waals surface area (Å²) in [6.07, 6.45) is 0.997. The SMILES string of the molecule is CCc1ccc(C(=O)N2CC(N)C2)s1. The molecule has 0 bridgehead atoms. The maximum absolute atomic E-state index is 11.8. The van der Waals surface area contributed by atoms with Crippen LogP contribution in [0.15, 0.2) is 12.1 Å². The van der Waals surface area contributed by atoms with E-state index >= 15 is 0 Å². The van der Waals surface area contributed by atoms with Gasteiger partial charge in [0.15, 0.2) is 0 Å². The van der Waals surface area contributed by atoms with Crippen LogP contribution >= 0.6 is 11.3 Å². The van der Waals surface area contributed by atoms with Crippen LogP contribution in [0, 0.1) is 0 Å². The molecular formula is C10H14N2OS. The summed E-state index contributed by atoms with van der Waals surface area (Å²) in [5.41, 5.74) is 5.63. The van der Waals surface area contributed by atoms with Gasteiger partial charge in [-0.15, -0.1) is 11.3 Å². The van der Waals surface area contributed by atoms with Gasteiger partial charge in [0.05, 0.1) is 4.88 Å². The van der Waals surface area contributed by atoms with Crippen LogP contribution in [0.25, 0.3) is 0 Å². The van der Waals surface area contributed by atoms with E-state index < -0.39 is 0 Å². The first-order valence-corrected chi connectivity index (χ1v) is 5.66. The average molecular weight is 210 g/mol. The van der Waals surface area contributed by atoms with Crippen LogP contribution in [0.2, 0.25) is 0 Å². The number of likely N-dealkylation sites (tertiary alicyclic amines) is 1. The highest BCUT2D eigenvalue weighted by molar-refractivity contribution is 7.14. The van der Waals surface area contributed by atoms with E-state index in [0.717, 1.165) is 11.3 Å². The number of hydrogen-bond acceptors (Lipinski definition) is 3. The lowest BCUT2D eigenvalue weighted by molar-refractivity contribution is 0.0613. The van der Waals surface area contributed by atoms with Gasteiger partial charge in [-0.05, 0) is 18.6 Å². The van der Waals surface area contributed by atoms with Crippen molar-refractivity contribution < 1.29 is 4.79 Å². The molecule has 3 nitrogen and oxygen atoms in total. The lowest BCUT2D eigenvalue weighted by Crippen LogP contribution is -2.57. The zero-order valence-corrected chi connectivity index (χ0v) is 9.01. The van der Waals surface area contributed by atoms with Crippen molar-refractivity contribution >= 4 is 17.2 Å². The second-order valence-corrected chi connectivity index (χ2v) is 4.76. The Labute approximate surface area is 87.5 Å². The van der Waals surface area contributed by atoms with Crippen molar-refractivity contribution in [3.8, 4) is 0 Å². The van der Waals surface area contributed by atoms with E-state index in [2.05, 4.69) is 6.92 Å². The molecule has 0 aromatic carbocycles. The standard InChI is InChI=1S/C10H14N2OS/c1-2-8-3-4-9(14-8)10(13)12-5-7(11)6-12/h3-4,7H,2,5-6,11H2,1H3. The van der Waals surface area contributed by atoms with Crippen molar-refractivity contribution in [2.45, 2.75) is 19.4 Å². The van der Waals surface area contributed by atoms with Gasteiger partial charge in [-0.2, -0.15) is 0 Å². The number of hydrogen-bond donors (Lipinski definition) is 1. The Morgan fingerprint density at radius 3 is 2.86 bits per heavy atom. The van der Waals surface area contributed by atoms with Gasteiger partial charge in [0.1, 0.15) is 0 Å². The Bertz CT molecular complexity index is 342. The number of rotatable bonds is 2. The van der Waals surface area contributed by atoms with Gasteiger partial charge < -0.3 is 10.6 Å². The minimum Gasteiger partial charge on any atom is -0.335 e. The lowest BCUT2D eigenvalue weighted by atomic mass is 10.1. The molecule has 1 aromatic rings. The number of carbonyl (C=O) groups is 1. The highest BCUT2D eigenvalue weighted by atomic mass is 32.1. The number of nitrogens with zero attached hydrogens (tertiary/aromatic N) is 1. The van der Waals surface area contributed by atoms with E-state index in [4.69, 9.17) is 5.73 Å². The summed E-state index contributed by atoms with van der Waals surface area (Å²) in [5, 5.41) is 0. The maximum atomic E-state index is 11.8. The van der Waals surface area contributed by atoms with Crippen molar-refractivity contribution in [2.24, 2.45) is 5.73 Å². The fourth-order valence-corrected chi connectivity index (χ4v) is 2.43. The number of amides is 1. The average Bonchev–Trinajstić information content (AvgIpc) is 2.60. The molecule has 0 spiro atoms. The molecule has 2 rings (SSSR count). The molecule has 2 heterocycles. The number of nitrogens with two attached hydrogens (primary N) is 1. The van der Waals surface area contributed by atoms with Gasteiger partial charge >= 0.3 is 0 Å². The van der Waals surface area contributed by atoms with Crippen LogP contribution in [-0.4, -0.2) is 29.9 Å². The summed E-state index contributed by atoms with van der Waals surface area (Å²) in [4.78, 5) is 15.7. The molecule has 1 amide bonds. The summed E-state index contributed by atoms with van der Waals surface area (Å²) >= 11 is 1.59. The predicted octanol–water partition coefficient (Wildman–Crippen LogP) is 1.09. The van der Waals surface area contributed by atoms with Crippen LogP contribution in [0.4, 0.5) is 0 Å². The zero-order valence-electron chi connectivity index (χ0n) is 8.19. The zero-order chi connectivity index (χ0) is 10.1. The molecule has 0 atom stereocenters. The third-order valence-electron chi connectivity index (χ3n) is 2.42. The fraction of sp³-hybridized carbons (Fsp3) is 0.500. The Kier molecular flexibility index (Phi) is 2.56. The van der Waals surface area contributed by atoms with Crippen molar-refractivity contribution in [1.82, 2.24) is 4.90 Å². The second-order valence-electron chi connectivity index (χ2n) is 3.59. The van der Waals surface area contributed by atoms with E-state index in [-0.39, 0.29) is 11.9 Å². The van der Waals surface area contributed by atoms with Gasteiger partial charge in [0.2, 0.25) is 0 Å². The minimum absolute atomic E-state index is 0.136. The molecular weight excluding hydrogens is 196 g/mol. The van der Waals surface area contributed by atoms with Gasteiger partial charge in [0.25, 0.3) is 5.91 Å². The Hall–Kier alpha value is -0.870. The first-order valence-electron chi connectivity index (χ1n) is 4.84. The normalized spacial score (nSPS) is 16.9. The minimum atomic E-state index is 0.136. The molecule has 0 radical (unpaired) electrons. The van der Waals surface area contributed by atoms with E-state index in [1.165, 1.54) is 4.88 Å². The van der Waals surface area contributed by atoms with Gasteiger partial charge in [-0.3, -0.25) is 4.79 Å². The number of carbonyl (C=O) groups excluding carboxylic acids is 1. The quantitative estimate of drug-likeness (QED) is 0.794. The van der Waals surface area contributed by atoms with Gasteiger partial charge in [-0.1, -0.05) is 6.92 Å². The maximum Gasteiger partial charge on any atom is 0.264 e. The third kappa shape index (κ3) is 1.67. The lowest BCUT2D eigenvalue weighted by Gasteiger charge is -2.36. The second kappa shape index (κ2) is 3.71. The van der Waals surface area contributed by atoms with Crippen molar-refractivity contribution in [1.29, 1.82) is 0 Å². The summed E-state index contributed by atoms with van der Waals surface area (Å²) < 4.78 is 0. The molecule has 4 heteroatoms. The molecule has 14 heavy (non-hydrogen) atoms. The molecule has 0 aliphatic carbocycles. The third-order valence-corrected chi connectivity index (χ3v) is 3.64.